The molecule has 0 spiro atoms. The van der Waals surface area contributed by atoms with E-state index in [9.17, 15) is 9.59 Å². The summed E-state index contributed by atoms with van der Waals surface area (Å²) in [5.74, 6) is 0.454. The maximum Gasteiger partial charge on any atom is 0.249 e. The highest BCUT2D eigenvalue weighted by Crippen LogP contribution is 2.39. The fourth-order valence-electron chi connectivity index (χ4n) is 4.17. The van der Waals surface area contributed by atoms with Crippen LogP contribution in [0.1, 0.15) is 56.0 Å². The van der Waals surface area contributed by atoms with Crippen LogP contribution in [0.4, 0.5) is 0 Å². The second-order valence-corrected chi connectivity index (χ2v) is 8.03. The Morgan fingerprint density at radius 1 is 0.971 bits per heavy atom. The van der Waals surface area contributed by atoms with E-state index in [0.717, 1.165) is 11.1 Å². The molecule has 0 radical (unpaired) electrons. The van der Waals surface area contributed by atoms with Gasteiger partial charge in [0, 0.05) is 29.6 Å². The predicted octanol–water partition coefficient (Wildman–Crippen LogP) is 5.06. The molecule has 2 heterocycles. The SMILES string of the molecule is NC(=O)c1ccccc1[C@@H](Oc1ccc2c(c1)OC(c1ccccc1)CC2=O)c1ccncc1. The summed E-state index contributed by atoms with van der Waals surface area (Å²) >= 11 is 0. The molecule has 1 unspecified atom stereocenters. The Hall–Kier alpha value is -4.45. The Labute approximate surface area is 197 Å². The van der Waals surface area contributed by atoms with Gasteiger partial charge >= 0.3 is 0 Å². The standard InChI is InChI=1S/C28H22N2O4/c29-28(32)22-9-5-4-8-21(22)27(19-12-14-30-15-13-19)33-20-10-11-23-24(31)17-25(34-26(23)16-20)18-6-2-1-3-7-18/h1-16,25,27H,17H2,(H2,29,32)/t25?,27-/m0/s1. The molecule has 1 amide bonds. The van der Waals surface area contributed by atoms with Crippen LogP contribution < -0.4 is 15.2 Å². The third-order valence-corrected chi connectivity index (χ3v) is 5.84. The van der Waals surface area contributed by atoms with Crippen LogP contribution in [0.15, 0.2) is 97.3 Å². The summed E-state index contributed by atoms with van der Waals surface area (Å²) in [7, 11) is 0. The van der Waals surface area contributed by atoms with E-state index >= 15 is 0 Å². The minimum absolute atomic E-state index is 0.0198. The van der Waals surface area contributed by atoms with Crippen LogP contribution in [0.5, 0.6) is 11.5 Å². The van der Waals surface area contributed by atoms with E-state index in [2.05, 4.69) is 4.98 Å². The lowest BCUT2D eigenvalue weighted by Gasteiger charge is -2.27. The molecule has 3 aromatic carbocycles. The largest absolute Gasteiger partial charge is 0.484 e. The number of primary amides is 1. The van der Waals surface area contributed by atoms with Crippen molar-refractivity contribution in [3.63, 3.8) is 0 Å². The average Bonchev–Trinajstić information content (AvgIpc) is 2.88. The van der Waals surface area contributed by atoms with Gasteiger partial charge < -0.3 is 15.2 Å². The first-order chi connectivity index (χ1) is 16.6. The van der Waals surface area contributed by atoms with Gasteiger partial charge in [0.05, 0.1) is 12.0 Å². The number of pyridine rings is 1. The van der Waals surface area contributed by atoms with Gasteiger partial charge in [-0.15, -0.1) is 0 Å². The molecule has 0 bridgehead atoms. The maximum absolute atomic E-state index is 12.8. The molecule has 6 nitrogen and oxygen atoms in total. The quantitative estimate of drug-likeness (QED) is 0.444. The maximum atomic E-state index is 12.8. The van der Waals surface area contributed by atoms with E-state index in [-0.39, 0.29) is 18.3 Å². The van der Waals surface area contributed by atoms with Gasteiger partial charge in [0.1, 0.15) is 23.7 Å². The third kappa shape index (κ3) is 4.26. The zero-order valence-corrected chi connectivity index (χ0v) is 18.3. The number of hydrogen-bond acceptors (Lipinski definition) is 5. The van der Waals surface area contributed by atoms with Crippen LogP contribution in [0, 0.1) is 0 Å². The molecular formula is C28H22N2O4. The van der Waals surface area contributed by atoms with E-state index < -0.39 is 12.0 Å². The van der Waals surface area contributed by atoms with E-state index in [1.807, 2.05) is 54.6 Å². The van der Waals surface area contributed by atoms with Crippen LogP contribution in [0.3, 0.4) is 0 Å². The molecule has 1 aliphatic heterocycles. The average molecular weight is 450 g/mol. The molecular weight excluding hydrogens is 428 g/mol. The molecule has 1 aromatic heterocycles. The number of benzene rings is 3. The number of carbonyl (C=O) groups excluding carboxylic acids is 2. The lowest BCUT2D eigenvalue weighted by Crippen LogP contribution is -2.21. The van der Waals surface area contributed by atoms with Gasteiger partial charge in [-0.05, 0) is 41.5 Å². The molecule has 0 fully saturated rings. The molecule has 2 atom stereocenters. The third-order valence-electron chi connectivity index (χ3n) is 5.84. The van der Waals surface area contributed by atoms with Gasteiger partial charge in [-0.2, -0.15) is 0 Å². The summed E-state index contributed by atoms with van der Waals surface area (Å²) in [6.07, 6.45) is 2.63. The van der Waals surface area contributed by atoms with Gasteiger partial charge in [-0.3, -0.25) is 14.6 Å². The smallest absolute Gasteiger partial charge is 0.249 e. The Balaban J connectivity index is 1.51. The number of amides is 1. The van der Waals surface area contributed by atoms with E-state index in [1.165, 1.54) is 0 Å². The minimum atomic E-state index is -0.617. The second-order valence-electron chi connectivity index (χ2n) is 8.03. The van der Waals surface area contributed by atoms with Crippen molar-refractivity contribution in [3.8, 4) is 11.5 Å². The number of aromatic nitrogens is 1. The molecule has 0 aliphatic carbocycles. The summed E-state index contributed by atoms with van der Waals surface area (Å²) < 4.78 is 12.6. The number of rotatable bonds is 6. The van der Waals surface area contributed by atoms with Crippen molar-refractivity contribution in [1.82, 2.24) is 4.98 Å². The first kappa shape index (κ1) is 21.4. The van der Waals surface area contributed by atoms with Crippen molar-refractivity contribution in [3.05, 3.63) is 125 Å². The number of ketones is 1. The molecule has 0 saturated carbocycles. The fraction of sp³-hybridized carbons (Fsp3) is 0.107. The van der Waals surface area contributed by atoms with Gasteiger partial charge in [-0.25, -0.2) is 0 Å². The Kier molecular flexibility index (Phi) is 5.79. The van der Waals surface area contributed by atoms with Crippen molar-refractivity contribution in [1.29, 1.82) is 0 Å². The van der Waals surface area contributed by atoms with Gasteiger partial charge in [0.15, 0.2) is 5.78 Å². The number of carbonyl (C=O) groups is 2. The number of nitrogens with two attached hydrogens (primary N) is 1. The van der Waals surface area contributed by atoms with Crippen LogP contribution in [0.25, 0.3) is 0 Å². The highest BCUT2D eigenvalue weighted by atomic mass is 16.5. The topological polar surface area (TPSA) is 91.5 Å². The van der Waals surface area contributed by atoms with Crippen molar-refractivity contribution >= 4 is 11.7 Å². The molecule has 4 aromatic rings. The lowest BCUT2D eigenvalue weighted by atomic mass is 9.95. The van der Waals surface area contributed by atoms with E-state index in [1.54, 1.807) is 42.7 Å². The van der Waals surface area contributed by atoms with Gasteiger partial charge in [-0.1, -0.05) is 48.5 Å². The summed E-state index contributed by atoms with van der Waals surface area (Å²) in [5, 5.41) is 0. The number of nitrogens with zero attached hydrogens (tertiary/aromatic N) is 1. The summed E-state index contributed by atoms with van der Waals surface area (Å²) in [4.78, 5) is 29.0. The Morgan fingerprint density at radius 2 is 1.71 bits per heavy atom. The first-order valence-electron chi connectivity index (χ1n) is 10.9. The molecule has 0 saturated heterocycles. The highest BCUT2D eigenvalue weighted by Gasteiger charge is 2.29. The molecule has 34 heavy (non-hydrogen) atoms. The van der Waals surface area contributed by atoms with Crippen LogP contribution in [-0.4, -0.2) is 16.7 Å². The summed E-state index contributed by atoms with van der Waals surface area (Å²) in [6.45, 7) is 0. The van der Waals surface area contributed by atoms with Crippen molar-refractivity contribution < 1.29 is 19.1 Å². The summed E-state index contributed by atoms with van der Waals surface area (Å²) in [5.41, 5.74) is 8.92. The zero-order chi connectivity index (χ0) is 23.5. The Morgan fingerprint density at radius 3 is 2.47 bits per heavy atom. The molecule has 6 heteroatoms. The monoisotopic (exact) mass is 450 g/mol. The number of fused-ring (bicyclic) bond motifs is 1. The summed E-state index contributed by atoms with van der Waals surface area (Å²) in [6, 6.07) is 25.6. The molecule has 1 aliphatic rings. The number of ether oxygens (including phenoxy) is 2. The van der Waals surface area contributed by atoms with E-state index in [4.69, 9.17) is 15.2 Å². The first-order valence-corrected chi connectivity index (χ1v) is 10.9. The molecule has 2 N–H and O–H groups in total. The fourth-order valence-corrected chi connectivity index (χ4v) is 4.17. The number of hydrogen-bond donors (Lipinski definition) is 1. The normalized spacial score (nSPS) is 15.6. The number of Topliss-reactive ketones (excluding diaryl/α,β-unsaturated/α-hetero) is 1. The molecule has 168 valence electrons. The molecule has 5 rings (SSSR count). The van der Waals surface area contributed by atoms with Crippen LogP contribution in [0.2, 0.25) is 0 Å². The second kappa shape index (κ2) is 9.19. The van der Waals surface area contributed by atoms with Crippen molar-refractivity contribution in [2.75, 3.05) is 0 Å². The van der Waals surface area contributed by atoms with Crippen LogP contribution in [-0.2, 0) is 0 Å². The van der Waals surface area contributed by atoms with E-state index in [0.29, 0.717) is 28.2 Å². The zero-order valence-electron chi connectivity index (χ0n) is 18.3. The van der Waals surface area contributed by atoms with Crippen molar-refractivity contribution in [2.45, 2.75) is 18.6 Å². The van der Waals surface area contributed by atoms with Crippen molar-refractivity contribution in [2.24, 2.45) is 5.73 Å². The highest BCUT2D eigenvalue weighted by molar-refractivity contribution is 6.00. The minimum Gasteiger partial charge on any atom is -0.484 e. The predicted molar refractivity (Wildman–Crippen MR) is 127 cm³/mol. The van der Waals surface area contributed by atoms with Crippen LogP contribution >= 0.6 is 0 Å². The Bertz CT molecular complexity index is 1340. The van der Waals surface area contributed by atoms with Gasteiger partial charge in [0.2, 0.25) is 5.91 Å². The lowest BCUT2D eigenvalue weighted by molar-refractivity contribution is 0.0848. The van der Waals surface area contributed by atoms with Gasteiger partial charge in [0.25, 0.3) is 0 Å².